The Morgan fingerprint density at radius 2 is 2.02 bits per heavy atom. The maximum absolute atomic E-state index is 13.6. The fourth-order valence-corrected chi connectivity index (χ4v) is 5.96. The largest absolute Gasteiger partial charge is 0.496 e. The van der Waals surface area contributed by atoms with Crippen molar-refractivity contribution in [3.63, 3.8) is 0 Å². The zero-order valence-electron chi connectivity index (χ0n) is 22.1. The fourth-order valence-electron chi connectivity index (χ4n) is 5.96. The van der Waals surface area contributed by atoms with Crippen LogP contribution in [0.4, 0.5) is 0 Å². The number of likely N-dealkylation sites (tertiary alicyclic amines) is 1. The molecule has 4 heterocycles. The highest BCUT2D eigenvalue weighted by Gasteiger charge is 2.44. The third-order valence-electron chi connectivity index (χ3n) is 8.26. The molecule has 40 heavy (non-hydrogen) atoms. The van der Waals surface area contributed by atoms with Gasteiger partial charge in [-0.2, -0.15) is 10.0 Å². The number of ether oxygens (including phenoxy) is 2. The highest BCUT2D eigenvalue weighted by molar-refractivity contribution is 6.02. The van der Waals surface area contributed by atoms with Crippen LogP contribution >= 0.6 is 0 Å². The summed E-state index contributed by atoms with van der Waals surface area (Å²) in [5.74, 6) is 1.93. The number of piperidine rings is 1. The first-order valence-corrected chi connectivity index (χ1v) is 13.5. The van der Waals surface area contributed by atoms with Crippen molar-refractivity contribution in [2.45, 2.75) is 50.3 Å². The minimum absolute atomic E-state index is 0.00998. The van der Waals surface area contributed by atoms with E-state index in [2.05, 4.69) is 37.2 Å². The Morgan fingerprint density at radius 3 is 2.77 bits per heavy atom. The molecule has 7 rings (SSSR count). The average molecular weight is 541 g/mol. The number of Topliss-reactive ketones (excluding diaryl/α,β-unsaturated/α-hetero) is 1. The number of carbonyl (C=O) groups is 2. The van der Waals surface area contributed by atoms with Crippen LogP contribution in [0.1, 0.15) is 64.7 Å². The molecular formula is C29H28N6O5. The van der Waals surface area contributed by atoms with E-state index >= 15 is 0 Å². The molecule has 1 saturated carbocycles. The molecule has 1 amide bonds. The molecule has 3 aliphatic rings. The monoisotopic (exact) mass is 540 g/mol. The van der Waals surface area contributed by atoms with Gasteiger partial charge in [-0.25, -0.2) is 4.98 Å². The van der Waals surface area contributed by atoms with Gasteiger partial charge in [0, 0.05) is 54.7 Å². The van der Waals surface area contributed by atoms with E-state index in [1.165, 1.54) is 0 Å². The quantitative estimate of drug-likeness (QED) is 0.351. The van der Waals surface area contributed by atoms with Crippen LogP contribution in [-0.4, -0.2) is 62.1 Å². The molecule has 2 aliphatic heterocycles. The zero-order chi connectivity index (χ0) is 27.4. The lowest BCUT2D eigenvalue weighted by Gasteiger charge is -2.44. The van der Waals surface area contributed by atoms with Gasteiger partial charge in [-0.1, -0.05) is 5.18 Å². The number of nitrogens with one attached hydrogen (secondary N) is 1. The van der Waals surface area contributed by atoms with Crippen molar-refractivity contribution in [2.24, 2.45) is 5.18 Å². The summed E-state index contributed by atoms with van der Waals surface area (Å²) in [5, 5.41) is 10.6. The number of hydrogen-bond donors (Lipinski definition) is 1. The molecule has 0 bridgehead atoms. The van der Waals surface area contributed by atoms with Crippen LogP contribution in [0.5, 0.6) is 11.5 Å². The summed E-state index contributed by atoms with van der Waals surface area (Å²) in [5.41, 5.74) is 2.13. The fraction of sp³-hybridized carbons (Fsp3) is 0.379. The first kappa shape index (κ1) is 24.5. The molecule has 2 aromatic heterocycles. The van der Waals surface area contributed by atoms with Crippen LogP contribution in [0.15, 0.2) is 47.8 Å². The number of carbonyl (C=O) groups excluding carboxylic acids is 2. The van der Waals surface area contributed by atoms with Crippen LogP contribution < -0.4 is 9.47 Å². The second-order valence-corrected chi connectivity index (χ2v) is 10.8. The average Bonchev–Trinajstić information content (AvgIpc) is 3.54. The summed E-state index contributed by atoms with van der Waals surface area (Å²) in [7, 11) is 1.63. The molecule has 1 N–H and O–H groups in total. The summed E-state index contributed by atoms with van der Waals surface area (Å²) >= 11 is 0. The minimum atomic E-state index is -0.641. The molecule has 0 unspecified atom stereocenters. The number of ketones is 1. The second-order valence-electron chi connectivity index (χ2n) is 10.8. The summed E-state index contributed by atoms with van der Waals surface area (Å²) in [6.45, 7) is 0.890. The number of aromatic nitrogens is 4. The summed E-state index contributed by atoms with van der Waals surface area (Å²) < 4.78 is 14.3. The van der Waals surface area contributed by atoms with E-state index in [0.29, 0.717) is 71.8 Å². The van der Waals surface area contributed by atoms with Gasteiger partial charge in [-0.15, -0.1) is 0 Å². The lowest BCUT2D eigenvalue weighted by molar-refractivity contribution is -0.00570. The van der Waals surface area contributed by atoms with E-state index in [1.54, 1.807) is 25.3 Å². The highest BCUT2D eigenvalue weighted by atomic mass is 16.5. The molecule has 0 radical (unpaired) electrons. The Bertz CT molecular complexity index is 1660. The molecule has 11 nitrogen and oxygen atoms in total. The Labute approximate surface area is 229 Å². The number of fused-ring (bicyclic) bond motifs is 2. The molecule has 204 valence electrons. The van der Waals surface area contributed by atoms with Crippen molar-refractivity contribution in [2.75, 3.05) is 20.2 Å². The van der Waals surface area contributed by atoms with Gasteiger partial charge in [0.05, 0.1) is 24.6 Å². The van der Waals surface area contributed by atoms with Gasteiger partial charge in [0.15, 0.2) is 11.6 Å². The lowest BCUT2D eigenvalue weighted by atomic mass is 9.82. The molecule has 4 aromatic rings. The molecule has 2 fully saturated rings. The summed E-state index contributed by atoms with van der Waals surface area (Å²) in [6.07, 6.45) is 5.76. The predicted molar refractivity (Wildman–Crippen MR) is 146 cm³/mol. The smallest absolute Gasteiger partial charge is 0.254 e. The number of H-pyrrole nitrogens is 1. The van der Waals surface area contributed by atoms with E-state index in [-0.39, 0.29) is 24.7 Å². The van der Waals surface area contributed by atoms with Crippen LogP contribution in [0.2, 0.25) is 0 Å². The predicted octanol–water partition coefficient (Wildman–Crippen LogP) is 4.68. The first-order valence-electron chi connectivity index (χ1n) is 13.5. The third kappa shape index (κ3) is 4.12. The van der Waals surface area contributed by atoms with E-state index < -0.39 is 5.60 Å². The topological polar surface area (TPSA) is 132 Å². The van der Waals surface area contributed by atoms with Gasteiger partial charge < -0.3 is 18.9 Å². The van der Waals surface area contributed by atoms with Crippen molar-refractivity contribution >= 4 is 22.6 Å². The van der Waals surface area contributed by atoms with Crippen LogP contribution in [-0.2, 0) is 6.54 Å². The van der Waals surface area contributed by atoms with Gasteiger partial charge in [-0.05, 0) is 49.2 Å². The maximum Gasteiger partial charge on any atom is 0.254 e. The zero-order valence-corrected chi connectivity index (χ0v) is 22.1. The lowest BCUT2D eigenvalue weighted by Crippen LogP contribution is -2.52. The van der Waals surface area contributed by atoms with E-state index in [9.17, 15) is 14.5 Å². The molecular weight excluding hydrogens is 512 g/mol. The van der Waals surface area contributed by atoms with Gasteiger partial charge in [0.2, 0.25) is 0 Å². The van der Waals surface area contributed by atoms with E-state index in [0.717, 1.165) is 23.7 Å². The highest BCUT2D eigenvalue weighted by Crippen LogP contribution is 2.42. The van der Waals surface area contributed by atoms with Gasteiger partial charge in [-0.3, -0.25) is 14.7 Å². The molecule has 2 aromatic carbocycles. The SMILES string of the molecule is COc1cc(C(=O)N2CCC3(CC2)CC(=O)c2cc(-c4n[nH]c(CN=O)n4)ccc2O3)cc2c1ccn2C1CC1. The van der Waals surface area contributed by atoms with Crippen molar-refractivity contribution < 1.29 is 19.1 Å². The van der Waals surface area contributed by atoms with Crippen molar-refractivity contribution in [1.29, 1.82) is 0 Å². The standard InChI is InChI=1S/C29H28N6O5/c1-39-25-14-18(13-22-20(25)6-9-35(22)19-3-4-19)28(37)34-10-7-29(8-11-34)15-23(36)21-12-17(2-5-24(21)40-29)27-31-26(16-30-38)32-33-27/h2,5-6,9,12-14,19H,3-4,7-8,10-11,15-16H2,1H3,(H,31,32,33). The summed E-state index contributed by atoms with van der Waals surface area (Å²) in [4.78, 5) is 43.5. The molecule has 1 aliphatic carbocycles. The number of nitroso groups, excluding NO2 is 1. The van der Waals surface area contributed by atoms with E-state index in [4.69, 9.17) is 9.47 Å². The Hall–Kier alpha value is -4.54. The van der Waals surface area contributed by atoms with Gasteiger partial charge >= 0.3 is 0 Å². The van der Waals surface area contributed by atoms with Crippen LogP contribution in [0.3, 0.4) is 0 Å². The molecule has 0 atom stereocenters. The Morgan fingerprint density at radius 1 is 1.20 bits per heavy atom. The summed E-state index contributed by atoms with van der Waals surface area (Å²) in [6, 6.07) is 11.6. The van der Waals surface area contributed by atoms with Gasteiger partial charge in [0.25, 0.3) is 5.91 Å². The number of nitrogens with zero attached hydrogens (tertiary/aromatic N) is 5. The van der Waals surface area contributed by atoms with Crippen molar-refractivity contribution in [1.82, 2.24) is 24.6 Å². The molecule has 1 spiro atoms. The van der Waals surface area contributed by atoms with Crippen LogP contribution in [0.25, 0.3) is 22.3 Å². The van der Waals surface area contributed by atoms with E-state index in [1.807, 2.05) is 17.0 Å². The molecule has 11 heteroatoms. The normalized spacial score (nSPS) is 18.0. The molecule has 1 saturated heterocycles. The third-order valence-corrected chi connectivity index (χ3v) is 8.26. The number of benzene rings is 2. The Kier molecular flexibility index (Phi) is 5.69. The van der Waals surface area contributed by atoms with Gasteiger partial charge in [0.1, 0.15) is 29.5 Å². The van der Waals surface area contributed by atoms with Crippen LogP contribution in [0, 0.1) is 4.91 Å². The number of amides is 1. The Balaban J connectivity index is 1.08. The second kappa shape index (κ2) is 9.29. The number of rotatable bonds is 6. The van der Waals surface area contributed by atoms with Crippen molar-refractivity contribution in [3.8, 4) is 22.9 Å². The maximum atomic E-state index is 13.6. The van der Waals surface area contributed by atoms with Crippen molar-refractivity contribution in [3.05, 3.63) is 64.5 Å². The number of methoxy groups -OCH3 is 1. The minimum Gasteiger partial charge on any atom is -0.496 e. The number of aromatic amines is 1. The first-order chi connectivity index (χ1) is 19.5. The number of hydrogen-bond acceptors (Lipinski definition) is 8.